The van der Waals surface area contributed by atoms with E-state index in [1.165, 1.54) is 24.8 Å². The third-order valence-corrected chi connectivity index (χ3v) is 5.46. The number of carbonyl (C=O) groups excluding carboxylic acids is 1. The van der Waals surface area contributed by atoms with Crippen LogP contribution in [0.2, 0.25) is 0 Å². The second-order valence-corrected chi connectivity index (χ2v) is 8.07. The minimum absolute atomic E-state index is 0.0218. The summed E-state index contributed by atoms with van der Waals surface area (Å²) in [5.41, 5.74) is 3.02. The fourth-order valence-corrected chi connectivity index (χ4v) is 3.72. The second kappa shape index (κ2) is 11.3. The van der Waals surface area contributed by atoms with Gasteiger partial charge in [-0.05, 0) is 61.1 Å². The van der Waals surface area contributed by atoms with Crippen LogP contribution in [-0.2, 0) is 13.0 Å². The van der Waals surface area contributed by atoms with Crippen molar-refractivity contribution in [3.05, 3.63) is 59.3 Å². The van der Waals surface area contributed by atoms with Gasteiger partial charge in [-0.25, -0.2) is 4.98 Å². The van der Waals surface area contributed by atoms with E-state index in [0.29, 0.717) is 12.1 Å². The van der Waals surface area contributed by atoms with Gasteiger partial charge in [0.2, 0.25) is 0 Å². The van der Waals surface area contributed by atoms with E-state index in [1.807, 2.05) is 36.5 Å². The maximum atomic E-state index is 12.1. The van der Waals surface area contributed by atoms with Crippen LogP contribution in [0.3, 0.4) is 0 Å². The highest BCUT2D eigenvalue weighted by atomic mass is 16.2. The Hall–Kier alpha value is -3.09. The van der Waals surface area contributed by atoms with E-state index in [-0.39, 0.29) is 5.91 Å². The van der Waals surface area contributed by atoms with Gasteiger partial charge in [-0.3, -0.25) is 9.79 Å². The van der Waals surface area contributed by atoms with Crippen molar-refractivity contribution in [2.24, 2.45) is 4.99 Å². The minimum Gasteiger partial charge on any atom is -0.357 e. The number of aromatic nitrogens is 1. The second-order valence-electron chi connectivity index (χ2n) is 8.07. The van der Waals surface area contributed by atoms with Crippen molar-refractivity contribution in [3.63, 3.8) is 0 Å². The largest absolute Gasteiger partial charge is 0.357 e. The smallest absolute Gasteiger partial charge is 0.253 e. The molecule has 7 heteroatoms. The van der Waals surface area contributed by atoms with Gasteiger partial charge < -0.3 is 20.4 Å². The lowest BCUT2D eigenvalue weighted by Crippen LogP contribution is -2.38. The third-order valence-electron chi connectivity index (χ3n) is 5.46. The molecule has 0 aliphatic carbocycles. The van der Waals surface area contributed by atoms with Gasteiger partial charge in [0.05, 0.1) is 0 Å². The molecule has 1 aromatic heterocycles. The summed E-state index contributed by atoms with van der Waals surface area (Å²) in [5, 5.41) is 6.73. The number of piperidine rings is 1. The molecule has 7 nitrogen and oxygen atoms in total. The first-order chi connectivity index (χ1) is 15.1. The molecule has 0 radical (unpaired) electrons. The zero-order valence-electron chi connectivity index (χ0n) is 18.9. The molecule has 1 aliphatic rings. The number of carbonyl (C=O) groups is 1. The number of nitrogens with zero attached hydrogens (tertiary/aromatic N) is 4. The Morgan fingerprint density at radius 2 is 1.90 bits per heavy atom. The fraction of sp³-hybridized carbons (Fsp3) is 0.458. The normalized spacial score (nSPS) is 14.3. The van der Waals surface area contributed by atoms with Crippen LogP contribution in [0, 0.1) is 0 Å². The molecule has 0 spiro atoms. The molecule has 166 valence electrons. The molecule has 1 saturated heterocycles. The number of hydrogen-bond acceptors (Lipinski definition) is 4. The summed E-state index contributed by atoms with van der Waals surface area (Å²) in [5.74, 6) is 1.85. The van der Waals surface area contributed by atoms with E-state index >= 15 is 0 Å². The number of rotatable bonds is 7. The molecule has 1 fully saturated rings. The van der Waals surface area contributed by atoms with Gasteiger partial charge in [0.25, 0.3) is 5.91 Å². The summed E-state index contributed by atoms with van der Waals surface area (Å²) >= 11 is 0. The zero-order valence-corrected chi connectivity index (χ0v) is 18.9. The number of aliphatic imine (C=N–C) groups is 1. The van der Waals surface area contributed by atoms with Crippen molar-refractivity contribution in [1.82, 2.24) is 20.5 Å². The molecule has 0 bridgehead atoms. The summed E-state index contributed by atoms with van der Waals surface area (Å²) in [6.07, 6.45) is 6.50. The lowest BCUT2D eigenvalue weighted by atomic mass is 10.1. The number of nitrogens with one attached hydrogen (secondary N) is 2. The molecule has 1 amide bonds. The number of pyridine rings is 1. The SMILES string of the molecule is CN=C(NCCc1cccc(C(=O)N(C)C)c1)NCc1ccnc(N2CCCCC2)c1. The van der Waals surface area contributed by atoms with Gasteiger partial charge in [-0.1, -0.05) is 12.1 Å². The summed E-state index contributed by atoms with van der Waals surface area (Å²) < 4.78 is 0. The quantitative estimate of drug-likeness (QED) is 0.530. The lowest BCUT2D eigenvalue weighted by Gasteiger charge is -2.28. The average Bonchev–Trinajstić information content (AvgIpc) is 2.81. The molecule has 0 atom stereocenters. The van der Waals surface area contributed by atoms with Gasteiger partial charge in [0.1, 0.15) is 5.82 Å². The Balaban J connectivity index is 1.48. The Morgan fingerprint density at radius 1 is 1.10 bits per heavy atom. The average molecular weight is 423 g/mol. The van der Waals surface area contributed by atoms with Crippen LogP contribution in [0.25, 0.3) is 0 Å². The van der Waals surface area contributed by atoms with Crippen LogP contribution in [0.5, 0.6) is 0 Å². The van der Waals surface area contributed by atoms with Crippen molar-refractivity contribution in [2.75, 3.05) is 45.7 Å². The number of hydrogen-bond donors (Lipinski definition) is 2. The predicted octanol–water partition coefficient (Wildman–Crippen LogP) is 2.68. The molecule has 1 aliphatic heterocycles. The van der Waals surface area contributed by atoms with Crippen LogP contribution >= 0.6 is 0 Å². The van der Waals surface area contributed by atoms with Crippen molar-refractivity contribution >= 4 is 17.7 Å². The van der Waals surface area contributed by atoms with Gasteiger partial charge in [0, 0.05) is 59.1 Å². The van der Waals surface area contributed by atoms with Crippen molar-refractivity contribution < 1.29 is 4.79 Å². The van der Waals surface area contributed by atoms with Crippen LogP contribution in [0.15, 0.2) is 47.6 Å². The molecule has 0 unspecified atom stereocenters. The van der Waals surface area contributed by atoms with Gasteiger partial charge in [-0.2, -0.15) is 0 Å². The Bertz CT molecular complexity index is 889. The molecular formula is C24H34N6O. The van der Waals surface area contributed by atoms with E-state index in [0.717, 1.165) is 43.4 Å². The molecule has 3 rings (SSSR count). The van der Waals surface area contributed by atoms with E-state index in [1.54, 1.807) is 26.0 Å². The number of guanidine groups is 1. The standard InChI is InChI=1S/C24H34N6O/c1-25-24(27-13-10-19-8-7-9-21(16-19)23(31)29(2)3)28-18-20-11-12-26-22(17-20)30-14-5-4-6-15-30/h7-9,11-12,16-17H,4-6,10,13-15,18H2,1-3H3,(H2,25,27,28). The summed E-state index contributed by atoms with van der Waals surface area (Å²) in [6, 6.07) is 12.0. The first-order valence-corrected chi connectivity index (χ1v) is 11.0. The molecule has 31 heavy (non-hydrogen) atoms. The number of amides is 1. The van der Waals surface area contributed by atoms with Crippen molar-refractivity contribution in [3.8, 4) is 0 Å². The molecule has 2 heterocycles. The topological polar surface area (TPSA) is 72.9 Å². The zero-order chi connectivity index (χ0) is 22.1. The van der Waals surface area contributed by atoms with E-state index in [4.69, 9.17) is 0 Å². The van der Waals surface area contributed by atoms with Crippen LogP contribution in [0.4, 0.5) is 5.82 Å². The first-order valence-electron chi connectivity index (χ1n) is 11.0. The maximum absolute atomic E-state index is 12.1. The van der Waals surface area contributed by atoms with Crippen molar-refractivity contribution in [1.29, 1.82) is 0 Å². The minimum atomic E-state index is 0.0218. The van der Waals surface area contributed by atoms with Gasteiger partial charge >= 0.3 is 0 Å². The molecular weight excluding hydrogens is 388 g/mol. The Kier molecular flexibility index (Phi) is 8.27. The van der Waals surface area contributed by atoms with E-state index in [2.05, 4.69) is 31.6 Å². The highest BCUT2D eigenvalue weighted by Crippen LogP contribution is 2.18. The highest BCUT2D eigenvalue weighted by molar-refractivity contribution is 5.94. The van der Waals surface area contributed by atoms with Gasteiger partial charge in [0.15, 0.2) is 5.96 Å². The third kappa shape index (κ3) is 6.70. The molecule has 2 aromatic rings. The molecule has 2 N–H and O–H groups in total. The van der Waals surface area contributed by atoms with Crippen LogP contribution in [0.1, 0.15) is 40.7 Å². The molecule has 0 saturated carbocycles. The van der Waals surface area contributed by atoms with E-state index in [9.17, 15) is 4.79 Å². The van der Waals surface area contributed by atoms with Crippen molar-refractivity contribution in [2.45, 2.75) is 32.2 Å². The summed E-state index contributed by atoms with van der Waals surface area (Å²) in [7, 11) is 5.31. The Morgan fingerprint density at radius 3 is 2.65 bits per heavy atom. The van der Waals surface area contributed by atoms with Crippen LogP contribution in [-0.4, -0.2) is 62.5 Å². The monoisotopic (exact) mass is 422 g/mol. The first kappa shape index (κ1) is 22.6. The fourth-order valence-electron chi connectivity index (χ4n) is 3.72. The van der Waals surface area contributed by atoms with Crippen LogP contribution < -0.4 is 15.5 Å². The lowest BCUT2D eigenvalue weighted by molar-refractivity contribution is 0.0827. The molecule has 1 aromatic carbocycles. The predicted molar refractivity (Wildman–Crippen MR) is 127 cm³/mol. The number of anilines is 1. The van der Waals surface area contributed by atoms with Gasteiger partial charge in [-0.15, -0.1) is 0 Å². The maximum Gasteiger partial charge on any atom is 0.253 e. The Labute approximate surface area is 185 Å². The number of benzene rings is 1. The summed E-state index contributed by atoms with van der Waals surface area (Å²) in [6.45, 7) is 3.60. The highest BCUT2D eigenvalue weighted by Gasteiger charge is 2.12. The van der Waals surface area contributed by atoms with E-state index < -0.39 is 0 Å². The summed E-state index contributed by atoms with van der Waals surface area (Å²) in [4.78, 5) is 25.0.